The van der Waals surface area contributed by atoms with E-state index in [0.29, 0.717) is 12.0 Å². The Balaban J connectivity index is 1.95. The maximum atomic E-state index is 13.0. The Morgan fingerprint density at radius 1 is 1.10 bits per heavy atom. The summed E-state index contributed by atoms with van der Waals surface area (Å²) in [6.45, 7) is 0.861. The molecule has 2 rings (SSSR count). The standard InChI is InChI=1S/C15H19F4N/c16-13-7-6-12(14(8-13)15(17,18)19)10-20-9-11-4-2-1-3-5-11/h6-8,11,20H,1-5,9-10H2. The van der Waals surface area contributed by atoms with E-state index in [1.165, 1.54) is 25.3 Å². The predicted octanol–water partition coefficient (Wildman–Crippen LogP) is 4.51. The molecule has 0 atom stereocenters. The Hall–Kier alpha value is -1.10. The van der Waals surface area contributed by atoms with Gasteiger partial charge in [0.25, 0.3) is 0 Å². The minimum atomic E-state index is -4.51. The van der Waals surface area contributed by atoms with Crippen LogP contribution in [0.15, 0.2) is 18.2 Å². The topological polar surface area (TPSA) is 12.0 Å². The van der Waals surface area contributed by atoms with Gasteiger partial charge in [0.2, 0.25) is 0 Å². The third-order valence-corrected chi connectivity index (χ3v) is 3.85. The maximum Gasteiger partial charge on any atom is 0.416 e. The highest BCUT2D eigenvalue weighted by atomic mass is 19.4. The van der Waals surface area contributed by atoms with E-state index in [1.807, 2.05) is 0 Å². The first-order valence-corrected chi connectivity index (χ1v) is 7.03. The molecule has 1 aromatic carbocycles. The third kappa shape index (κ3) is 4.20. The number of nitrogens with one attached hydrogen (secondary N) is 1. The summed E-state index contributed by atoms with van der Waals surface area (Å²) >= 11 is 0. The average Bonchev–Trinajstić information content (AvgIpc) is 2.40. The Labute approximate surface area is 116 Å². The van der Waals surface area contributed by atoms with E-state index in [4.69, 9.17) is 0 Å². The molecule has 1 nitrogen and oxygen atoms in total. The van der Waals surface area contributed by atoms with Gasteiger partial charge in [-0.25, -0.2) is 4.39 Å². The van der Waals surface area contributed by atoms with Gasteiger partial charge < -0.3 is 5.32 Å². The molecule has 0 aliphatic heterocycles. The smallest absolute Gasteiger partial charge is 0.312 e. The normalized spacial score (nSPS) is 17.4. The van der Waals surface area contributed by atoms with Crippen molar-refractivity contribution in [2.45, 2.75) is 44.8 Å². The Kier molecular flexibility index (Phi) is 5.02. The molecule has 0 unspecified atom stereocenters. The quantitative estimate of drug-likeness (QED) is 0.804. The summed E-state index contributed by atoms with van der Waals surface area (Å²) in [5.74, 6) is -0.299. The van der Waals surface area contributed by atoms with E-state index in [2.05, 4.69) is 5.32 Å². The van der Waals surface area contributed by atoms with E-state index in [1.54, 1.807) is 0 Å². The zero-order chi connectivity index (χ0) is 14.6. The van der Waals surface area contributed by atoms with E-state index >= 15 is 0 Å². The summed E-state index contributed by atoms with van der Waals surface area (Å²) < 4.78 is 51.4. The number of hydrogen-bond donors (Lipinski definition) is 1. The molecular formula is C15H19F4N. The predicted molar refractivity (Wildman–Crippen MR) is 69.7 cm³/mol. The highest BCUT2D eigenvalue weighted by molar-refractivity contribution is 5.30. The van der Waals surface area contributed by atoms with Crippen molar-refractivity contribution in [2.75, 3.05) is 6.54 Å². The van der Waals surface area contributed by atoms with Gasteiger partial charge in [0.05, 0.1) is 5.56 Å². The summed E-state index contributed by atoms with van der Waals surface area (Å²) in [5.41, 5.74) is -0.775. The lowest BCUT2D eigenvalue weighted by atomic mass is 9.89. The molecule has 112 valence electrons. The summed E-state index contributed by atoms with van der Waals surface area (Å²) in [4.78, 5) is 0. The van der Waals surface area contributed by atoms with Crippen molar-refractivity contribution >= 4 is 0 Å². The Morgan fingerprint density at radius 2 is 1.80 bits per heavy atom. The van der Waals surface area contributed by atoms with E-state index in [-0.39, 0.29) is 12.1 Å². The molecule has 0 aromatic heterocycles. The van der Waals surface area contributed by atoms with Crippen molar-refractivity contribution in [1.29, 1.82) is 0 Å². The largest absolute Gasteiger partial charge is 0.416 e. The van der Waals surface area contributed by atoms with Gasteiger partial charge in [0.15, 0.2) is 0 Å². The van der Waals surface area contributed by atoms with E-state index in [0.717, 1.165) is 25.5 Å². The number of rotatable bonds is 4. The molecule has 1 aliphatic rings. The van der Waals surface area contributed by atoms with E-state index in [9.17, 15) is 17.6 Å². The first kappa shape index (κ1) is 15.3. The summed E-state index contributed by atoms with van der Waals surface area (Å²) in [6.07, 6.45) is 1.44. The van der Waals surface area contributed by atoms with Crippen LogP contribution in [0.4, 0.5) is 17.6 Å². The SMILES string of the molecule is Fc1ccc(CNCC2CCCCC2)c(C(F)(F)F)c1. The van der Waals surface area contributed by atoms with Gasteiger partial charge in [-0.2, -0.15) is 13.2 Å². The highest BCUT2D eigenvalue weighted by Crippen LogP contribution is 2.32. The van der Waals surface area contributed by atoms with Gasteiger partial charge in [-0.05, 0) is 43.0 Å². The van der Waals surface area contributed by atoms with Crippen molar-refractivity contribution in [3.05, 3.63) is 35.1 Å². The van der Waals surface area contributed by atoms with Crippen LogP contribution in [0.5, 0.6) is 0 Å². The van der Waals surface area contributed by atoms with Crippen LogP contribution < -0.4 is 5.32 Å². The molecule has 0 spiro atoms. The monoisotopic (exact) mass is 289 g/mol. The molecule has 1 aliphatic carbocycles. The van der Waals surface area contributed by atoms with Gasteiger partial charge >= 0.3 is 6.18 Å². The molecule has 0 heterocycles. The first-order valence-electron chi connectivity index (χ1n) is 7.03. The number of halogens is 4. The molecule has 1 N–H and O–H groups in total. The summed E-state index contributed by atoms with van der Waals surface area (Å²) in [5, 5.41) is 3.08. The van der Waals surface area contributed by atoms with Crippen molar-refractivity contribution in [1.82, 2.24) is 5.32 Å². The molecule has 0 amide bonds. The Morgan fingerprint density at radius 3 is 2.45 bits per heavy atom. The van der Waals surface area contributed by atoms with Crippen LogP contribution in [0.2, 0.25) is 0 Å². The fraction of sp³-hybridized carbons (Fsp3) is 0.600. The lowest BCUT2D eigenvalue weighted by molar-refractivity contribution is -0.138. The molecule has 1 fully saturated rings. The van der Waals surface area contributed by atoms with Crippen molar-refractivity contribution in [3.8, 4) is 0 Å². The molecule has 0 saturated heterocycles. The van der Waals surface area contributed by atoms with Gasteiger partial charge in [-0.1, -0.05) is 25.3 Å². The van der Waals surface area contributed by atoms with Crippen molar-refractivity contribution < 1.29 is 17.6 Å². The fourth-order valence-electron chi connectivity index (χ4n) is 2.77. The maximum absolute atomic E-state index is 13.0. The average molecular weight is 289 g/mol. The van der Waals surface area contributed by atoms with Crippen LogP contribution in [0.1, 0.15) is 43.2 Å². The molecule has 20 heavy (non-hydrogen) atoms. The molecule has 0 bridgehead atoms. The molecule has 0 radical (unpaired) electrons. The second-order valence-corrected chi connectivity index (χ2v) is 5.43. The van der Waals surface area contributed by atoms with Crippen LogP contribution >= 0.6 is 0 Å². The lowest BCUT2D eigenvalue weighted by Crippen LogP contribution is -2.25. The third-order valence-electron chi connectivity index (χ3n) is 3.85. The summed E-state index contributed by atoms with van der Waals surface area (Å²) in [6, 6.07) is 2.86. The first-order chi connectivity index (χ1) is 9.47. The second kappa shape index (κ2) is 6.57. The van der Waals surface area contributed by atoms with Crippen LogP contribution in [0, 0.1) is 11.7 Å². The molecular weight excluding hydrogens is 270 g/mol. The molecule has 1 aromatic rings. The minimum Gasteiger partial charge on any atom is -0.312 e. The van der Waals surface area contributed by atoms with Crippen molar-refractivity contribution in [3.63, 3.8) is 0 Å². The molecule has 5 heteroatoms. The van der Waals surface area contributed by atoms with Gasteiger partial charge in [-0.3, -0.25) is 0 Å². The fourth-order valence-corrected chi connectivity index (χ4v) is 2.77. The van der Waals surface area contributed by atoms with E-state index < -0.39 is 17.6 Å². The second-order valence-electron chi connectivity index (χ2n) is 5.43. The van der Waals surface area contributed by atoms with Crippen LogP contribution in [0.25, 0.3) is 0 Å². The number of hydrogen-bond acceptors (Lipinski definition) is 1. The van der Waals surface area contributed by atoms with Crippen molar-refractivity contribution in [2.24, 2.45) is 5.92 Å². The lowest BCUT2D eigenvalue weighted by Gasteiger charge is -2.22. The number of alkyl halides is 3. The van der Waals surface area contributed by atoms with Crippen LogP contribution in [-0.4, -0.2) is 6.54 Å². The Bertz CT molecular complexity index is 436. The molecule has 1 saturated carbocycles. The minimum absolute atomic E-state index is 0.106. The van der Waals surface area contributed by atoms with Crippen LogP contribution in [0.3, 0.4) is 0 Å². The summed E-state index contributed by atoms with van der Waals surface area (Å²) in [7, 11) is 0. The van der Waals surface area contributed by atoms with Gasteiger partial charge in [0, 0.05) is 6.54 Å². The zero-order valence-corrected chi connectivity index (χ0v) is 11.3. The highest BCUT2D eigenvalue weighted by Gasteiger charge is 2.33. The van der Waals surface area contributed by atoms with Gasteiger partial charge in [0.1, 0.15) is 5.82 Å². The van der Waals surface area contributed by atoms with Crippen LogP contribution in [-0.2, 0) is 12.7 Å². The zero-order valence-electron chi connectivity index (χ0n) is 11.3. The number of benzene rings is 1. The van der Waals surface area contributed by atoms with Gasteiger partial charge in [-0.15, -0.1) is 0 Å².